The molecule has 1 aromatic rings. The van der Waals surface area contributed by atoms with Crippen molar-refractivity contribution in [1.82, 2.24) is 20.5 Å². The molecule has 2 unspecified atom stereocenters. The van der Waals surface area contributed by atoms with Crippen molar-refractivity contribution < 1.29 is 22.6 Å². The van der Waals surface area contributed by atoms with Crippen LogP contribution in [0, 0.1) is 6.92 Å². The number of hydrogen-bond acceptors (Lipinski definition) is 6. The van der Waals surface area contributed by atoms with Gasteiger partial charge in [-0.1, -0.05) is 19.1 Å². The second-order valence-corrected chi connectivity index (χ2v) is 8.05. The summed E-state index contributed by atoms with van der Waals surface area (Å²) in [5, 5.41) is 6.84. The maximum absolute atomic E-state index is 12.1. The number of ether oxygens (including phenoxy) is 2. The summed E-state index contributed by atoms with van der Waals surface area (Å²) in [6.07, 6.45) is 4.71. The van der Waals surface area contributed by atoms with Gasteiger partial charge >= 0.3 is 6.18 Å². The molecule has 2 rings (SSSR count). The average Bonchev–Trinajstić information content (AvgIpc) is 2.75. The highest BCUT2D eigenvalue weighted by molar-refractivity contribution is 5.65. The Morgan fingerprint density at radius 2 is 2.06 bits per heavy atom. The number of pyridine rings is 1. The van der Waals surface area contributed by atoms with Crippen LogP contribution < -0.4 is 15.4 Å². The van der Waals surface area contributed by atoms with Crippen LogP contribution in [0.2, 0.25) is 0 Å². The van der Waals surface area contributed by atoms with Crippen LogP contribution in [0.3, 0.4) is 0 Å². The molecule has 0 saturated carbocycles. The Labute approximate surface area is 194 Å². The van der Waals surface area contributed by atoms with Crippen LogP contribution >= 0.6 is 0 Å². The Balaban J connectivity index is 2.06. The lowest BCUT2D eigenvalue weighted by atomic mass is 10.0. The molecule has 0 bridgehead atoms. The van der Waals surface area contributed by atoms with Crippen LogP contribution in [0.5, 0.6) is 5.88 Å². The van der Waals surface area contributed by atoms with Crippen molar-refractivity contribution in [3.05, 3.63) is 53.0 Å². The van der Waals surface area contributed by atoms with Gasteiger partial charge < -0.3 is 25.0 Å². The number of halogens is 3. The van der Waals surface area contributed by atoms with Crippen molar-refractivity contribution in [2.24, 2.45) is 0 Å². The van der Waals surface area contributed by atoms with E-state index in [0.717, 1.165) is 29.1 Å². The number of aryl methyl sites for hydroxylation is 1. The zero-order valence-electron chi connectivity index (χ0n) is 20.2. The summed E-state index contributed by atoms with van der Waals surface area (Å²) < 4.78 is 46.5. The van der Waals surface area contributed by atoms with Gasteiger partial charge in [-0.15, -0.1) is 0 Å². The summed E-state index contributed by atoms with van der Waals surface area (Å²) in [5.41, 5.74) is 3.87. The maximum atomic E-state index is 12.1. The molecule has 0 radical (unpaired) electrons. The molecule has 0 fully saturated rings. The van der Waals surface area contributed by atoms with Crippen LogP contribution in [-0.2, 0) is 4.74 Å². The third-order valence-electron chi connectivity index (χ3n) is 5.34. The summed E-state index contributed by atoms with van der Waals surface area (Å²) in [6.45, 7) is 6.76. The molecular weight excluding hydrogens is 433 g/mol. The molecule has 9 heteroatoms. The number of nitrogens with one attached hydrogen (secondary N) is 2. The third kappa shape index (κ3) is 7.99. The van der Waals surface area contributed by atoms with E-state index in [2.05, 4.69) is 71.3 Å². The first kappa shape index (κ1) is 26.6. The van der Waals surface area contributed by atoms with Crippen LogP contribution in [-0.4, -0.2) is 62.1 Å². The first-order chi connectivity index (χ1) is 15.6. The molecule has 0 aromatic carbocycles. The van der Waals surface area contributed by atoms with E-state index >= 15 is 0 Å². The fourth-order valence-electron chi connectivity index (χ4n) is 3.46. The minimum atomic E-state index is -4.34. The number of allylic oxidation sites excluding steroid dienone is 1. The summed E-state index contributed by atoms with van der Waals surface area (Å²) >= 11 is 0. The second-order valence-electron chi connectivity index (χ2n) is 8.05. The van der Waals surface area contributed by atoms with Gasteiger partial charge in [-0.05, 0) is 44.9 Å². The van der Waals surface area contributed by atoms with E-state index in [-0.39, 0.29) is 25.3 Å². The van der Waals surface area contributed by atoms with Crippen molar-refractivity contribution in [1.29, 1.82) is 0 Å². The Bertz CT molecular complexity index is 881. The van der Waals surface area contributed by atoms with Crippen LogP contribution in [0.25, 0.3) is 5.70 Å². The summed E-state index contributed by atoms with van der Waals surface area (Å²) in [6, 6.07) is 2.31. The molecule has 0 spiro atoms. The van der Waals surface area contributed by atoms with E-state index in [1.54, 1.807) is 6.20 Å². The van der Waals surface area contributed by atoms with Crippen molar-refractivity contribution >= 4 is 5.70 Å². The van der Waals surface area contributed by atoms with Gasteiger partial charge in [0, 0.05) is 49.2 Å². The fourth-order valence-corrected chi connectivity index (χ4v) is 3.46. The highest BCUT2D eigenvalue weighted by Crippen LogP contribution is 2.24. The molecule has 2 heterocycles. The number of alkyl halides is 3. The van der Waals surface area contributed by atoms with Gasteiger partial charge in [-0.25, -0.2) is 4.98 Å². The zero-order chi connectivity index (χ0) is 24.6. The lowest BCUT2D eigenvalue weighted by Gasteiger charge is -2.33. The lowest BCUT2D eigenvalue weighted by Crippen LogP contribution is -2.38. The normalized spacial score (nSPS) is 17.9. The van der Waals surface area contributed by atoms with Gasteiger partial charge in [-0.2, -0.15) is 13.2 Å². The van der Waals surface area contributed by atoms with Crippen LogP contribution in [0.4, 0.5) is 13.2 Å². The Kier molecular flexibility index (Phi) is 9.64. The predicted octanol–water partition coefficient (Wildman–Crippen LogP) is 4.40. The first-order valence-electron chi connectivity index (χ1n) is 11.1. The summed E-state index contributed by atoms with van der Waals surface area (Å²) in [4.78, 5) is 6.55. The molecule has 2 N–H and O–H groups in total. The van der Waals surface area contributed by atoms with Gasteiger partial charge in [0.1, 0.15) is 19.0 Å². The summed E-state index contributed by atoms with van der Waals surface area (Å²) in [7, 11) is 3.97. The molecule has 0 saturated heterocycles. The quantitative estimate of drug-likeness (QED) is 0.470. The number of hydrogen-bond donors (Lipinski definition) is 2. The average molecular weight is 469 g/mol. The van der Waals surface area contributed by atoms with E-state index in [1.807, 2.05) is 20.0 Å². The van der Waals surface area contributed by atoms with Crippen molar-refractivity contribution in [2.45, 2.75) is 52.4 Å². The molecular formula is C24H35F3N4O2. The summed E-state index contributed by atoms with van der Waals surface area (Å²) in [5.74, 6) is 1.44. The largest absolute Gasteiger partial charge is 0.475 e. The van der Waals surface area contributed by atoms with Crippen LogP contribution in [0.15, 0.2) is 41.9 Å². The second kappa shape index (κ2) is 12.0. The van der Waals surface area contributed by atoms with Gasteiger partial charge in [0.05, 0.1) is 6.61 Å². The lowest BCUT2D eigenvalue weighted by molar-refractivity contribution is -0.175. The standard InChI is InChI=1S/C24H35F3N4O2/c1-7-8-21(30-18(4)19-12-17(3)31(6)22(13-19)28-5)20-11-16(2)23(29-14-20)33-10-9-32-15-24(25,26)27/h8,11-14,17-18,28,30H,7,9-10,15H2,1-6H3/b21-8+. The molecule has 1 aliphatic rings. The fraction of sp³-hybridized carbons (Fsp3) is 0.542. The maximum Gasteiger partial charge on any atom is 0.411 e. The van der Waals surface area contributed by atoms with E-state index in [1.165, 1.54) is 5.57 Å². The molecule has 0 aliphatic carbocycles. The van der Waals surface area contributed by atoms with E-state index in [9.17, 15) is 13.2 Å². The Hall–Kier alpha value is -2.68. The topological polar surface area (TPSA) is 58.7 Å². The number of likely N-dealkylation sites (N-methyl/N-ethyl adjacent to an activating group) is 1. The Morgan fingerprint density at radius 1 is 1.33 bits per heavy atom. The smallest absolute Gasteiger partial charge is 0.411 e. The van der Waals surface area contributed by atoms with Gasteiger partial charge in [0.25, 0.3) is 0 Å². The number of aromatic nitrogens is 1. The van der Waals surface area contributed by atoms with E-state index in [4.69, 9.17) is 4.74 Å². The monoisotopic (exact) mass is 468 g/mol. The number of nitrogens with zero attached hydrogens (tertiary/aromatic N) is 2. The van der Waals surface area contributed by atoms with Gasteiger partial charge in [0.15, 0.2) is 0 Å². The van der Waals surface area contributed by atoms with Crippen molar-refractivity contribution in [3.8, 4) is 5.88 Å². The van der Waals surface area contributed by atoms with E-state index < -0.39 is 12.8 Å². The molecule has 33 heavy (non-hydrogen) atoms. The van der Waals surface area contributed by atoms with Gasteiger partial charge in [0.2, 0.25) is 5.88 Å². The molecule has 2 atom stereocenters. The minimum absolute atomic E-state index is 0.00285. The molecule has 1 aliphatic heterocycles. The molecule has 0 amide bonds. The molecule has 184 valence electrons. The minimum Gasteiger partial charge on any atom is -0.475 e. The molecule has 1 aromatic heterocycles. The third-order valence-corrected chi connectivity index (χ3v) is 5.34. The van der Waals surface area contributed by atoms with Crippen molar-refractivity contribution in [3.63, 3.8) is 0 Å². The van der Waals surface area contributed by atoms with E-state index in [0.29, 0.717) is 5.88 Å². The van der Waals surface area contributed by atoms with Crippen molar-refractivity contribution in [2.75, 3.05) is 33.9 Å². The van der Waals surface area contributed by atoms with Crippen LogP contribution in [0.1, 0.15) is 38.3 Å². The predicted molar refractivity (Wildman–Crippen MR) is 125 cm³/mol. The highest BCUT2D eigenvalue weighted by Gasteiger charge is 2.27. The first-order valence-corrected chi connectivity index (χ1v) is 11.1. The zero-order valence-corrected chi connectivity index (χ0v) is 20.2. The van der Waals surface area contributed by atoms with Gasteiger partial charge in [-0.3, -0.25) is 0 Å². The Morgan fingerprint density at radius 3 is 2.67 bits per heavy atom. The number of rotatable bonds is 11. The SMILES string of the molecule is CC/C=C(/NC(C)C1=CC(C)N(C)C(NC)=C1)c1cnc(OCCOCC(F)(F)F)c(C)c1. The molecule has 6 nitrogen and oxygen atoms in total. The highest BCUT2D eigenvalue weighted by atomic mass is 19.4.